The highest BCUT2D eigenvalue weighted by Crippen LogP contribution is 2.18. The maximum absolute atomic E-state index is 5.63. The highest BCUT2D eigenvalue weighted by molar-refractivity contribution is 6.37. The van der Waals surface area contributed by atoms with Gasteiger partial charge in [0.25, 0.3) is 0 Å². The maximum atomic E-state index is 5.63. The lowest BCUT2D eigenvalue weighted by molar-refractivity contribution is 0.201. The van der Waals surface area contributed by atoms with Crippen molar-refractivity contribution in [2.24, 2.45) is 0 Å². The summed E-state index contributed by atoms with van der Waals surface area (Å²) < 4.78 is 15.8. The van der Waals surface area contributed by atoms with Crippen molar-refractivity contribution >= 4 is 9.53 Å². The number of aryl methyl sites for hydroxylation is 1. The molecule has 0 aliphatic carbocycles. The van der Waals surface area contributed by atoms with E-state index in [2.05, 4.69) is 6.92 Å². The highest BCUT2D eigenvalue weighted by Gasteiger charge is 2.14. The Morgan fingerprint density at radius 3 is 2.36 bits per heavy atom. The smallest absolute Gasteiger partial charge is 0.503 e. The van der Waals surface area contributed by atoms with E-state index in [4.69, 9.17) is 13.3 Å². The third-order valence-corrected chi connectivity index (χ3v) is 3.18. The quantitative estimate of drug-likeness (QED) is 0.694. The molecule has 0 spiro atoms. The van der Waals surface area contributed by atoms with Crippen molar-refractivity contribution in [1.82, 2.24) is 0 Å². The predicted molar refractivity (Wildman–Crippen MR) is 57.6 cm³/mol. The van der Waals surface area contributed by atoms with E-state index in [-0.39, 0.29) is 0 Å². The van der Waals surface area contributed by atoms with Gasteiger partial charge in [-0.2, -0.15) is 0 Å². The predicted octanol–water partition coefficient (Wildman–Crippen LogP) is 1.64. The highest BCUT2D eigenvalue weighted by atomic mass is 28.3. The summed E-state index contributed by atoms with van der Waals surface area (Å²) in [6, 6.07) is 7.94. The van der Waals surface area contributed by atoms with Gasteiger partial charge in [-0.25, -0.2) is 0 Å². The molecular weight excluding hydrogens is 196 g/mol. The zero-order valence-corrected chi connectivity index (χ0v) is 9.97. The fourth-order valence-electron chi connectivity index (χ4n) is 1.21. The first-order valence-electron chi connectivity index (χ1n) is 4.62. The second-order valence-corrected chi connectivity index (χ2v) is 4.60. The van der Waals surface area contributed by atoms with Crippen molar-refractivity contribution in [3.8, 4) is 5.75 Å². The molecular formula is C10H16O3Si. The molecule has 0 amide bonds. The first kappa shape index (κ1) is 11.2. The van der Waals surface area contributed by atoms with Crippen molar-refractivity contribution in [2.75, 3.05) is 14.2 Å². The molecule has 78 valence electrons. The summed E-state index contributed by atoms with van der Waals surface area (Å²) in [5, 5.41) is 0. The molecule has 1 rings (SSSR count). The zero-order valence-electron chi connectivity index (χ0n) is 8.82. The number of para-hydroxylation sites is 1. The van der Waals surface area contributed by atoms with Crippen LogP contribution in [0.15, 0.2) is 24.3 Å². The number of rotatable bonds is 5. The van der Waals surface area contributed by atoms with Crippen LogP contribution >= 0.6 is 0 Å². The van der Waals surface area contributed by atoms with Gasteiger partial charge in [0.15, 0.2) is 0 Å². The Balaban J connectivity index is 2.74. The molecule has 14 heavy (non-hydrogen) atoms. The van der Waals surface area contributed by atoms with Gasteiger partial charge in [0, 0.05) is 14.2 Å². The summed E-state index contributed by atoms with van der Waals surface area (Å²) in [6.45, 7) is 2.10. The molecule has 0 aliphatic heterocycles. The summed E-state index contributed by atoms with van der Waals surface area (Å²) >= 11 is 0. The van der Waals surface area contributed by atoms with Crippen LogP contribution in [0.5, 0.6) is 5.75 Å². The Bertz CT molecular complexity index is 274. The summed E-state index contributed by atoms with van der Waals surface area (Å²) in [5.74, 6) is 0.871. The lowest BCUT2D eigenvalue weighted by atomic mass is 10.1. The first-order chi connectivity index (χ1) is 6.81. The molecule has 4 heteroatoms. The molecule has 0 fully saturated rings. The van der Waals surface area contributed by atoms with Crippen molar-refractivity contribution in [2.45, 2.75) is 13.3 Å². The molecule has 0 aliphatic rings. The van der Waals surface area contributed by atoms with E-state index >= 15 is 0 Å². The topological polar surface area (TPSA) is 27.7 Å². The number of hydrogen-bond acceptors (Lipinski definition) is 3. The Labute approximate surface area is 86.6 Å². The summed E-state index contributed by atoms with van der Waals surface area (Å²) in [6.07, 6.45) is 0.949. The third-order valence-electron chi connectivity index (χ3n) is 1.96. The lowest BCUT2D eigenvalue weighted by Gasteiger charge is -2.15. The van der Waals surface area contributed by atoms with E-state index in [1.807, 2.05) is 24.3 Å². The largest absolute Gasteiger partial charge is 0.549 e. The molecule has 0 saturated heterocycles. The van der Waals surface area contributed by atoms with Gasteiger partial charge in [0.05, 0.1) is 0 Å². The van der Waals surface area contributed by atoms with Crippen LogP contribution in [0.1, 0.15) is 12.5 Å². The minimum atomic E-state index is -1.96. The van der Waals surface area contributed by atoms with Crippen molar-refractivity contribution in [1.29, 1.82) is 0 Å². The molecule has 3 nitrogen and oxygen atoms in total. The fraction of sp³-hybridized carbons (Fsp3) is 0.400. The van der Waals surface area contributed by atoms with Crippen molar-refractivity contribution < 1.29 is 13.3 Å². The first-order valence-corrected chi connectivity index (χ1v) is 6.03. The van der Waals surface area contributed by atoms with Crippen LogP contribution in [-0.4, -0.2) is 23.7 Å². The van der Waals surface area contributed by atoms with Gasteiger partial charge in [-0.1, -0.05) is 25.1 Å². The van der Waals surface area contributed by atoms with Crippen molar-refractivity contribution in [3.63, 3.8) is 0 Å². The van der Waals surface area contributed by atoms with E-state index in [1.165, 1.54) is 5.56 Å². The normalized spacial score (nSPS) is 10.6. The molecule has 1 aromatic carbocycles. The van der Waals surface area contributed by atoms with Gasteiger partial charge in [-0.3, -0.25) is 0 Å². The summed E-state index contributed by atoms with van der Waals surface area (Å²) in [5.41, 5.74) is 1.18. The number of hydrogen-bond donors (Lipinski definition) is 0. The minimum Gasteiger partial charge on any atom is -0.503 e. The van der Waals surface area contributed by atoms with Gasteiger partial charge in [0.2, 0.25) is 0 Å². The number of benzene rings is 1. The van der Waals surface area contributed by atoms with Crippen LogP contribution < -0.4 is 4.43 Å². The van der Waals surface area contributed by atoms with E-state index in [0.717, 1.165) is 12.2 Å². The van der Waals surface area contributed by atoms with Gasteiger partial charge >= 0.3 is 9.53 Å². The average Bonchev–Trinajstić information content (AvgIpc) is 2.26. The average molecular weight is 212 g/mol. The minimum absolute atomic E-state index is 0.871. The summed E-state index contributed by atoms with van der Waals surface area (Å²) in [7, 11) is 1.25. The van der Waals surface area contributed by atoms with Gasteiger partial charge < -0.3 is 13.3 Å². The van der Waals surface area contributed by atoms with Crippen LogP contribution in [0.2, 0.25) is 0 Å². The lowest BCUT2D eigenvalue weighted by Crippen LogP contribution is -2.27. The standard InChI is InChI=1S/C10H16O3Si/c1-4-9-7-5-6-8-10(9)13-14(11-2)12-3/h5-8,14H,4H2,1-3H3. The Morgan fingerprint density at radius 1 is 1.14 bits per heavy atom. The summed E-state index contributed by atoms with van der Waals surface area (Å²) in [4.78, 5) is 0. The maximum Gasteiger partial charge on any atom is 0.549 e. The third kappa shape index (κ3) is 2.83. The molecule has 0 aromatic heterocycles. The van der Waals surface area contributed by atoms with Crippen molar-refractivity contribution in [3.05, 3.63) is 29.8 Å². The second kappa shape index (κ2) is 5.80. The van der Waals surface area contributed by atoms with Crippen LogP contribution in [0.4, 0.5) is 0 Å². The molecule has 0 saturated carbocycles. The molecule has 0 bridgehead atoms. The monoisotopic (exact) mass is 212 g/mol. The fourth-order valence-corrected chi connectivity index (χ4v) is 2.03. The Hall–Kier alpha value is -0.843. The van der Waals surface area contributed by atoms with Gasteiger partial charge in [-0.05, 0) is 18.1 Å². The van der Waals surface area contributed by atoms with Crippen LogP contribution in [0.3, 0.4) is 0 Å². The molecule has 0 N–H and O–H groups in total. The van der Waals surface area contributed by atoms with Crippen LogP contribution in [-0.2, 0) is 15.3 Å². The van der Waals surface area contributed by atoms with E-state index in [1.54, 1.807) is 14.2 Å². The van der Waals surface area contributed by atoms with E-state index in [9.17, 15) is 0 Å². The molecule has 1 aromatic rings. The van der Waals surface area contributed by atoms with E-state index < -0.39 is 9.53 Å². The van der Waals surface area contributed by atoms with Gasteiger partial charge in [-0.15, -0.1) is 0 Å². The van der Waals surface area contributed by atoms with Crippen LogP contribution in [0.25, 0.3) is 0 Å². The van der Waals surface area contributed by atoms with Crippen LogP contribution in [0, 0.1) is 0 Å². The Kier molecular flexibility index (Phi) is 4.65. The van der Waals surface area contributed by atoms with E-state index in [0.29, 0.717) is 0 Å². The SMILES string of the molecule is CCc1ccccc1O[SiH](OC)OC. The van der Waals surface area contributed by atoms with Gasteiger partial charge in [0.1, 0.15) is 5.75 Å². The molecule has 0 unspecified atom stereocenters. The molecule has 0 radical (unpaired) electrons. The second-order valence-electron chi connectivity index (χ2n) is 2.84. The Morgan fingerprint density at radius 2 is 1.79 bits per heavy atom. The molecule has 0 atom stereocenters. The zero-order chi connectivity index (χ0) is 10.4. The molecule has 0 heterocycles.